The lowest BCUT2D eigenvalue weighted by molar-refractivity contribution is -0.137. The lowest BCUT2D eigenvalue weighted by atomic mass is 9.84. The van der Waals surface area contributed by atoms with Gasteiger partial charge in [-0.2, -0.15) is 0 Å². The Morgan fingerprint density at radius 3 is 2.78 bits per heavy atom. The van der Waals surface area contributed by atoms with Crippen molar-refractivity contribution in [3.05, 3.63) is 23.5 Å². The molecule has 2 heteroatoms. The van der Waals surface area contributed by atoms with Crippen LogP contribution < -0.4 is 0 Å². The van der Waals surface area contributed by atoms with Gasteiger partial charge in [-0.1, -0.05) is 31.4 Å². The molecule has 18 heavy (non-hydrogen) atoms. The van der Waals surface area contributed by atoms with Crippen molar-refractivity contribution in [2.75, 3.05) is 0 Å². The van der Waals surface area contributed by atoms with Crippen LogP contribution in [0.2, 0.25) is 0 Å². The molecule has 2 aliphatic carbocycles. The molecule has 0 aromatic rings. The molecule has 2 aliphatic rings. The van der Waals surface area contributed by atoms with E-state index in [1.807, 2.05) is 0 Å². The summed E-state index contributed by atoms with van der Waals surface area (Å²) in [4.78, 5) is 11.1. The van der Waals surface area contributed by atoms with Crippen LogP contribution in [0.4, 0.5) is 0 Å². The molecule has 0 radical (unpaired) electrons. The zero-order valence-corrected chi connectivity index (χ0v) is 11.6. The Morgan fingerprint density at radius 1 is 1.22 bits per heavy atom. The number of hydrogen-bond donors (Lipinski definition) is 0. The third kappa shape index (κ3) is 3.24. The van der Waals surface area contributed by atoms with Crippen LogP contribution in [-0.4, -0.2) is 5.97 Å². The van der Waals surface area contributed by atoms with Gasteiger partial charge < -0.3 is 4.74 Å². The molecule has 0 aromatic heterocycles. The minimum Gasteiger partial charge on any atom is -0.431 e. The van der Waals surface area contributed by atoms with E-state index < -0.39 is 0 Å². The highest BCUT2D eigenvalue weighted by Crippen LogP contribution is 2.39. The molecule has 0 aliphatic heterocycles. The first-order valence-corrected chi connectivity index (χ1v) is 7.26. The molecule has 2 atom stereocenters. The Labute approximate surface area is 110 Å². The molecule has 2 rings (SSSR count). The number of ether oxygens (including phenoxy) is 1. The second-order valence-electron chi connectivity index (χ2n) is 5.56. The first kappa shape index (κ1) is 13.4. The van der Waals surface area contributed by atoms with E-state index in [4.69, 9.17) is 4.74 Å². The molecule has 0 amide bonds. The molecule has 0 aromatic carbocycles. The van der Waals surface area contributed by atoms with Crippen molar-refractivity contribution < 1.29 is 9.53 Å². The van der Waals surface area contributed by atoms with Crippen molar-refractivity contribution in [2.45, 2.75) is 58.8 Å². The summed E-state index contributed by atoms with van der Waals surface area (Å²) in [5, 5.41) is 0. The van der Waals surface area contributed by atoms with Crippen molar-refractivity contribution in [1.82, 2.24) is 0 Å². The Kier molecular flexibility index (Phi) is 4.62. The standard InChI is InChI=1S/C16H24O2/c1-12-15(10-11-16(12)18-13(2)17)14-8-6-4-3-5-7-9-14/h8,11-12,15H,3-7,9-10H2,1-2H3. The average Bonchev–Trinajstić information content (AvgIpc) is 2.60. The minimum absolute atomic E-state index is 0.194. The molecule has 0 spiro atoms. The number of carbonyl (C=O) groups is 1. The maximum Gasteiger partial charge on any atom is 0.307 e. The molecule has 2 unspecified atom stereocenters. The van der Waals surface area contributed by atoms with E-state index in [1.54, 1.807) is 5.57 Å². The number of carbonyl (C=O) groups excluding carboxylic acids is 1. The van der Waals surface area contributed by atoms with Crippen LogP contribution in [0.1, 0.15) is 58.8 Å². The van der Waals surface area contributed by atoms with Gasteiger partial charge >= 0.3 is 5.97 Å². The third-order valence-corrected chi connectivity index (χ3v) is 4.19. The van der Waals surface area contributed by atoms with Crippen LogP contribution in [0, 0.1) is 11.8 Å². The fourth-order valence-corrected chi connectivity index (χ4v) is 3.16. The summed E-state index contributed by atoms with van der Waals surface area (Å²) in [6, 6.07) is 0. The van der Waals surface area contributed by atoms with Crippen molar-refractivity contribution >= 4 is 5.97 Å². The van der Waals surface area contributed by atoms with Crippen molar-refractivity contribution in [3.8, 4) is 0 Å². The SMILES string of the molecule is CC(=O)OC1=CCC(C2=CCCCCCC2)C1C. The van der Waals surface area contributed by atoms with Gasteiger partial charge in [0.25, 0.3) is 0 Å². The first-order chi connectivity index (χ1) is 8.68. The molecule has 0 heterocycles. The topological polar surface area (TPSA) is 26.3 Å². The van der Waals surface area contributed by atoms with Crippen LogP contribution in [0.3, 0.4) is 0 Å². The van der Waals surface area contributed by atoms with Gasteiger partial charge in [0.1, 0.15) is 5.76 Å². The zero-order valence-electron chi connectivity index (χ0n) is 11.6. The maximum atomic E-state index is 11.1. The lowest BCUT2D eigenvalue weighted by Gasteiger charge is -2.23. The number of hydrogen-bond acceptors (Lipinski definition) is 2. The predicted octanol–water partition coefficient (Wildman–Crippen LogP) is 4.37. The Bertz CT molecular complexity index is 365. The summed E-state index contributed by atoms with van der Waals surface area (Å²) in [5.74, 6) is 1.62. The molecule has 0 saturated carbocycles. The van der Waals surface area contributed by atoms with Gasteiger partial charge in [0.15, 0.2) is 0 Å². The number of esters is 1. The maximum absolute atomic E-state index is 11.1. The average molecular weight is 248 g/mol. The van der Waals surface area contributed by atoms with E-state index in [9.17, 15) is 4.79 Å². The van der Waals surface area contributed by atoms with E-state index in [1.165, 1.54) is 45.4 Å². The first-order valence-electron chi connectivity index (χ1n) is 7.26. The second kappa shape index (κ2) is 6.21. The van der Waals surface area contributed by atoms with Crippen LogP contribution in [0.5, 0.6) is 0 Å². The zero-order chi connectivity index (χ0) is 13.0. The summed E-state index contributed by atoms with van der Waals surface area (Å²) < 4.78 is 5.30. The molecule has 0 bridgehead atoms. The summed E-state index contributed by atoms with van der Waals surface area (Å²) in [6.45, 7) is 3.67. The molecule has 0 fully saturated rings. The van der Waals surface area contributed by atoms with Gasteiger partial charge in [0, 0.05) is 12.8 Å². The smallest absolute Gasteiger partial charge is 0.307 e. The molecule has 0 N–H and O–H groups in total. The fraction of sp³-hybridized carbons (Fsp3) is 0.688. The second-order valence-corrected chi connectivity index (χ2v) is 5.56. The molecular weight excluding hydrogens is 224 g/mol. The monoisotopic (exact) mass is 248 g/mol. The Balaban J connectivity index is 2.00. The Morgan fingerprint density at radius 2 is 2.00 bits per heavy atom. The predicted molar refractivity (Wildman–Crippen MR) is 72.9 cm³/mol. The van der Waals surface area contributed by atoms with Crippen molar-refractivity contribution in [2.24, 2.45) is 11.8 Å². The lowest BCUT2D eigenvalue weighted by Crippen LogP contribution is -2.14. The molecule has 2 nitrogen and oxygen atoms in total. The fourth-order valence-electron chi connectivity index (χ4n) is 3.16. The van der Waals surface area contributed by atoms with E-state index in [-0.39, 0.29) is 5.97 Å². The van der Waals surface area contributed by atoms with Crippen LogP contribution in [0.15, 0.2) is 23.5 Å². The largest absolute Gasteiger partial charge is 0.431 e. The van der Waals surface area contributed by atoms with Gasteiger partial charge in [-0.15, -0.1) is 0 Å². The van der Waals surface area contributed by atoms with E-state index >= 15 is 0 Å². The summed E-state index contributed by atoms with van der Waals surface area (Å²) >= 11 is 0. The van der Waals surface area contributed by atoms with Crippen molar-refractivity contribution in [1.29, 1.82) is 0 Å². The number of allylic oxidation sites excluding steroid dienone is 4. The number of rotatable bonds is 2. The highest BCUT2D eigenvalue weighted by atomic mass is 16.5. The normalized spacial score (nSPS) is 29.0. The van der Waals surface area contributed by atoms with E-state index in [0.717, 1.165) is 12.2 Å². The molecule has 100 valence electrons. The third-order valence-electron chi connectivity index (χ3n) is 4.19. The molecule has 0 saturated heterocycles. The van der Waals surface area contributed by atoms with Gasteiger partial charge in [-0.25, -0.2) is 0 Å². The van der Waals surface area contributed by atoms with Crippen LogP contribution in [-0.2, 0) is 9.53 Å². The van der Waals surface area contributed by atoms with E-state index in [2.05, 4.69) is 19.1 Å². The summed E-state index contributed by atoms with van der Waals surface area (Å²) in [5.41, 5.74) is 1.60. The van der Waals surface area contributed by atoms with Crippen LogP contribution in [0.25, 0.3) is 0 Å². The highest BCUT2D eigenvalue weighted by molar-refractivity contribution is 5.67. The summed E-state index contributed by atoms with van der Waals surface area (Å²) in [7, 11) is 0. The van der Waals surface area contributed by atoms with Gasteiger partial charge in [-0.3, -0.25) is 4.79 Å². The minimum atomic E-state index is -0.194. The van der Waals surface area contributed by atoms with Gasteiger partial charge in [0.05, 0.1) is 0 Å². The van der Waals surface area contributed by atoms with Gasteiger partial charge in [-0.05, 0) is 44.1 Å². The quantitative estimate of drug-likeness (QED) is 0.536. The van der Waals surface area contributed by atoms with Crippen LogP contribution >= 0.6 is 0 Å². The highest BCUT2D eigenvalue weighted by Gasteiger charge is 2.30. The van der Waals surface area contributed by atoms with Crippen molar-refractivity contribution in [3.63, 3.8) is 0 Å². The van der Waals surface area contributed by atoms with E-state index in [0.29, 0.717) is 11.8 Å². The molecular formula is C16H24O2. The Hall–Kier alpha value is -1.05. The summed E-state index contributed by atoms with van der Waals surface area (Å²) in [6.07, 6.45) is 13.4. The van der Waals surface area contributed by atoms with Gasteiger partial charge in [0.2, 0.25) is 0 Å².